The molecule has 11 heteroatoms. The van der Waals surface area contributed by atoms with Gasteiger partial charge in [0.25, 0.3) is 5.82 Å². The van der Waals surface area contributed by atoms with Crippen LogP contribution in [0.25, 0.3) is 5.69 Å². The monoisotopic (exact) mass is 592 g/mol. The molecule has 0 saturated carbocycles. The van der Waals surface area contributed by atoms with Crippen LogP contribution in [0.2, 0.25) is 0 Å². The fourth-order valence-corrected chi connectivity index (χ4v) is 6.59. The summed E-state index contributed by atoms with van der Waals surface area (Å²) < 4.78 is 52.8. The number of nitrogens with zero attached hydrogens (tertiary/aromatic N) is 6. The van der Waals surface area contributed by atoms with E-state index in [-0.39, 0.29) is 17.6 Å². The van der Waals surface area contributed by atoms with Gasteiger partial charge in [0.15, 0.2) is 0 Å². The first-order valence-corrected chi connectivity index (χ1v) is 14.6. The van der Waals surface area contributed by atoms with Gasteiger partial charge in [0, 0.05) is 50.3 Å². The topological polar surface area (TPSA) is 68.5 Å². The lowest BCUT2D eigenvalue weighted by Gasteiger charge is -2.47. The molecule has 4 aromatic rings. The molecule has 226 valence electrons. The fourth-order valence-electron chi connectivity index (χ4n) is 6.59. The van der Waals surface area contributed by atoms with Crippen LogP contribution in [0, 0.1) is 0 Å². The number of alkyl halides is 3. The molecule has 43 heavy (non-hydrogen) atoms. The number of benzene rings is 3. The lowest BCUT2D eigenvalue weighted by atomic mass is 9.82. The standard InChI is InChI=1S/C32H35F3N6O2/c1-42-17-18-43-29-15-14-26(41-31(32(33,34)35)36-37-38-41)19-25(29)20-39-21-27-13-8-16-40(27)28(22-39)30(23-9-4-2-5-10-23)24-11-6-3-7-12-24/h2-7,9-12,14-15,19,27-28,30H,8,13,16-18,20-22H2,1H3. The number of rotatable bonds is 10. The molecule has 1 aromatic heterocycles. The van der Waals surface area contributed by atoms with Crippen LogP contribution in [0.3, 0.4) is 0 Å². The highest BCUT2D eigenvalue weighted by Gasteiger charge is 2.42. The van der Waals surface area contributed by atoms with E-state index in [2.05, 4.69) is 73.9 Å². The number of halogens is 3. The first-order chi connectivity index (χ1) is 20.9. The Kier molecular flexibility index (Phi) is 8.73. The SMILES string of the molecule is COCCOc1ccc(-n2nnnc2C(F)(F)F)cc1CN1CC2CCCN2C(C(c2ccccc2)c2ccccc2)C1. The normalized spacial score (nSPS) is 19.6. The quantitative estimate of drug-likeness (QED) is 0.235. The van der Waals surface area contributed by atoms with Crippen LogP contribution in [0.5, 0.6) is 5.75 Å². The van der Waals surface area contributed by atoms with Gasteiger partial charge in [0.05, 0.1) is 12.3 Å². The van der Waals surface area contributed by atoms with Crippen LogP contribution in [-0.2, 0) is 17.5 Å². The van der Waals surface area contributed by atoms with Crippen LogP contribution in [0.4, 0.5) is 13.2 Å². The Hall–Kier alpha value is -3.80. The summed E-state index contributed by atoms with van der Waals surface area (Å²) in [6, 6.07) is 26.9. The molecule has 2 fully saturated rings. The fraction of sp³-hybridized carbons (Fsp3) is 0.406. The molecule has 2 aliphatic rings. The third-order valence-corrected chi connectivity index (χ3v) is 8.42. The van der Waals surface area contributed by atoms with Gasteiger partial charge in [-0.2, -0.15) is 17.9 Å². The highest BCUT2D eigenvalue weighted by Crippen LogP contribution is 2.38. The average Bonchev–Trinajstić information content (AvgIpc) is 3.70. The molecule has 2 saturated heterocycles. The maximum absolute atomic E-state index is 13.6. The molecule has 3 heterocycles. The summed E-state index contributed by atoms with van der Waals surface area (Å²) in [5.41, 5.74) is 3.55. The number of tetrazole rings is 1. The van der Waals surface area contributed by atoms with Crippen LogP contribution in [-0.4, -0.2) is 82.0 Å². The summed E-state index contributed by atoms with van der Waals surface area (Å²) in [7, 11) is 1.60. The number of fused-ring (bicyclic) bond motifs is 1. The Morgan fingerprint density at radius 3 is 2.33 bits per heavy atom. The molecule has 0 radical (unpaired) electrons. The number of ether oxygens (including phenoxy) is 2. The van der Waals surface area contributed by atoms with Crippen LogP contribution in [0.1, 0.15) is 41.3 Å². The Bertz CT molecular complexity index is 1440. The van der Waals surface area contributed by atoms with Gasteiger partial charge in [-0.1, -0.05) is 60.7 Å². The smallest absolute Gasteiger partial charge is 0.453 e. The van der Waals surface area contributed by atoms with E-state index in [0.717, 1.165) is 42.7 Å². The second-order valence-corrected chi connectivity index (χ2v) is 11.1. The Labute approximate surface area is 249 Å². The van der Waals surface area contributed by atoms with Gasteiger partial charge in [-0.05, 0) is 59.1 Å². The van der Waals surface area contributed by atoms with Crippen molar-refractivity contribution in [2.45, 2.75) is 43.6 Å². The number of piperazine rings is 1. The highest BCUT2D eigenvalue weighted by atomic mass is 19.4. The van der Waals surface area contributed by atoms with E-state index in [1.807, 2.05) is 12.1 Å². The number of hydrogen-bond acceptors (Lipinski definition) is 7. The molecule has 2 aliphatic heterocycles. The lowest BCUT2D eigenvalue weighted by Crippen LogP contribution is -2.57. The van der Waals surface area contributed by atoms with Crippen LogP contribution >= 0.6 is 0 Å². The van der Waals surface area contributed by atoms with Gasteiger partial charge >= 0.3 is 6.18 Å². The molecular formula is C32H35F3N6O2. The molecule has 6 rings (SSSR count). The first-order valence-electron chi connectivity index (χ1n) is 14.6. The molecule has 3 aromatic carbocycles. The summed E-state index contributed by atoms with van der Waals surface area (Å²) in [4.78, 5) is 5.09. The predicted molar refractivity (Wildman–Crippen MR) is 155 cm³/mol. The molecule has 0 N–H and O–H groups in total. The third kappa shape index (κ3) is 6.43. The lowest BCUT2D eigenvalue weighted by molar-refractivity contribution is -0.146. The summed E-state index contributed by atoms with van der Waals surface area (Å²) in [5, 5.41) is 10.2. The van der Waals surface area contributed by atoms with Crippen molar-refractivity contribution in [3.8, 4) is 11.4 Å². The zero-order chi connectivity index (χ0) is 29.8. The maximum Gasteiger partial charge on any atom is 0.453 e. The summed E-state index contributed by atoms with van der Waals surface area (Å²) in [6.45, 7) is 3.95. The van der Waals surface area contributed by atoms with Crippen LogP contribution < -0.4 is 4.74 Å². The Morgan fingerprint density at radius 1 is 0.930 bits per heavy atom. The summed E-state index contributed by atoms with van der Waals surface area (Å²) in [5.74, 6) is -0.389. The van der Waals surface area contributed by atoms with Crippen molar-refractivity contribution in [1.29, 1.82) is 0 Å². The highest BCUT2D eigenvalue weighted by molar-refractivity contribution is 5.44. The molecule has 0 amide bonds. The minimum Gasteiger partial charge on any atom is -0.491 e. The largest absolute Gasteiger partial charge is 0.491 e. The van der Waals surface area contributed by atoms with Gasteiger partial charge in [-0.25, -0.2) is 0 Å². The van der Waals surface area contributed by atoms with E-state index in [4.69, 9.17) is 9.47 Å². The number of aromatic nitrogens is 4. The van der Waals surface area contributed by atoms with Gasteiger partial charge in [0.2, 0.25) is 0 Å². The van der Waals surface area contributed by atoms with Crippen molar-refractivity contribution in [3.05, 3.63) is 101 Å². The number of methoxy groups -OCH3 is 1. The van der Waals surface area contributed by atoms with Crippen molar-refractivity contribution in [2.24, 2.45) is 0 Å². The van der Waals surface area contributed by atoms with Crippen molar-refractivity contribution in [1.82, 2.24) is 30.0 Å². The predicted octanol–water partition coefficient (Wildman–Crippen LogP) is 5.19. The van der Waals surface area contributed by atoms with Gasteiger partial charge < -0.3 is 9.47 Å². The molecule has 0 bridgehead atoms. The molecule has 0 aliphatic carbocycles. The van der Waals surface area contributed by atoms with E-state index < -0.39 is 12.0 Å². The minimum absolute atomic E-state index is 0.171. The molecular weight excluding hydrogens is 557 g/mol. The Morgan fingerprint density at radius 2 is 1.65 bits per heavy atom. The van der Waals surface area contributed by atoms with Crippen LogP contribution in [0.15, 0.2) is 78.9 Å². The van der Waals surface area contributed by atoms with Gasteiger partial charge in [-0.3, -0.25) is 9.80 Å². The van der Waals surface area contributed by atoms with E-state index in [1.54, 1.807) is 25.3 Å². The van der Waals surface area contributed by atoms with E-state index in [1.165, 1.54) is 11.1 Å². The van der Waals surface area contributed by atoms with E-state index in [9.17, 15) is 13.2 Å². The van der Waals surface area contributed by atoms with Crippen molar-refractivity contribution < 1.29 is 22.6 Å². The zero-order valence-electron chi connectivity index (χ0n) is 24.0. The van der Waals surface area contributed by atoms with Crippen molar-refractivity contribution in [3.63, 3.8) is 0 Å². The van der Waals surface area contributed by atoms with Gasteiger partial charge in [0.1, 0.15) is 12.4 Å². The molecule has 0 spiro atoms. The third-order valence-electron chi connectivity index (χ3n) is 8.42. The second-order valence-electron chi connectivity index (χ2n) is 11.1. The van der Waals surface area contributed by atoms with E-state index in [0.29, 0.717) is 31.5 Å². The maximum atomic E-state index is 13.6. The first kappa shape index (κ1) is 29.3. The molecule has 2 atom stereocenters. The second kappa shape index (κ2) is 12.8. The minimum atomic E-state index is -4.69. The molecule has 8 nitrogen and oxygen atoms in total. The van der Waals surface area contributed by atoms with E-state index >= 15 is 0 Å². The molecule has 2 unspecified atom stereocenters. The zero-order valence-corrected chi connectivity index (χ0v) is 24.0. The summed E-state index contributed by atoms with van der Waals surface area (Å²) in [6.07, 6.45) is -2.43. The summed E-state index contributed by atoms with van der Waals surface area (Å²) >= 11 is 0. The van der Waals surface area contributed by atoms with Crippen molar-refractivity contribution >= 4 is 0 Å². The van der Waals surface area contributed by atoms with Crippen molar-refractivity contribution in [2.75, 3.05) is 40.0 Å². The van der Waals surface area contributed by atoms with Gasteiger partial charge in [-0.15, -0.1) is 5.10 Å². The Balaban J connectivity index is 1.34. The number of hydrogen-bond donors (Lipinski definition) is 0. The average molecular weight is 593 g/mol.